The van der Waals surface area contributed by atoms with Crippen LogP contribution in [0.2, 0.25) is 5.02 Å². The largest absolute Gasteiger partial charge is 0.478 e. The Kier molecular flexibility index (Phi) is 4.44. The quantitative estimate of drug-likeness (QED) is 0.805. The van der Waals surface area contributed by atoms with E-state index in [0.29, 0.717) is 16.5 Å². The van der Waals surface area contributed by atoms with E-state index in [4.69, 9.17) is 21.2 Å². The summed E-state index contributed by atoms with van der Waals surface area (Å²) in [5, 5.41) is 18.1. The number of urea groups is 1. The molecule has 8 heteroatoms. The van der Waals surface area contributed by atoms with Gasteiger partial charge in [-0.15, -0.1) is 0 Å². The first-order valence-corrected chi connectivity index (χ1v) is 6.33. The molecule has 21 heavy (non-hydrogen) atoms. The molecule has 3 N–H and O–H groups in total. The van der Waals surface area contributed by atoms with Gasteiger partial charge in [0, 0.05) is 11.1 Å². The average Bonchev–Trinajstić information content (AvgIpc) is 2.82. The molecule has 1 aromatic carbocycles. The molecule has 0 aliphatic carbocycles. The SMILES string of the molecule is Cc1cc(CNC(=O)Nc2cc(Cl)ccc2C(=O)O)no1. The van der Waals surface area contributed by atoms with Gasteiger partial charge in [-0.2, -0.15) is 0 Å². The lowest BCUT2D eigenvalue weighted by molar-refractivity contribution is 0.0698. The Morgan fingerprint density at radius 3 is 2.76 bits per heavy atom. The van der Waals surface area contributed by atoms with E-state index in [1.807, 2.05) is 0 Å². The molecule has 0 spiro atoms. The molecule has 7 nitrogen and oxygen atoms in total. The highest BCUT2D eigenvalue weighted by molar-refractivity contribution is 6.31. The van der Waals surface area contributed by atoms with E-state index in [-0.39, 0.29) is 17.8 Å². The van der Waals surface area contributed by atoms with E-state index in [1.165, 1.54) is 18.2 Å². The first kappa shape index (κ1) is 14.9. The predicted octanol–water partition coefficient (Wildman–Crippen LogP) is 2.66. The first-order valence-electron chi connectivity index (χ1n) is 5.95. The molecule has 110 valence electrons. The summed E-state index contributed by atoms with van der Waals surface area (Å²) in [5.74, 6) is -0.524. The van der Waals surface area contributed by atoms with Crippen LogP contribution < -0.4 is 10.6 Å². The van der Waals surface area contributed by atoms with Crippen LogP contribution in [-0.2, 0) is 6.54 Å². The fourth-order valence-electron chi connectivity index (χ4n) is 1.64. The lowest BCUT2D eigenvalue weighted by Crippen LogP contribution is -2.29. The van der Waals surface area contributed by atoms with Crippen LogP contribution in [0.1, 0.15) is 21.8 Å². The Bertz CT molecular complexity index is 684. The molecule has 0 bridgehead atoms. The minimum Gasteiger partial charge on any atom is -0.478 e. The monoisotopic (exact) mass is 309 g/mol. The van der Waals surface area contributed by atoms with Gasteiger partial charge in [0.15, 0.2) is 0 Å². The first-order chi connectivity index (χ1) is 9.95. The molecule has 0 fully saturated rings. The number of aromatic nitrogens is 1. The van der Waals surface area contributed by atoms with Crippen LogP contribution in [0.25, 0.3) is 0 Å². The summed E-state index contributed by atoms with van der Waals surface area (Å²) >= 11 is 5.79. The molecule has 2 rings (SSSR count). The number of carboxylic acid groups (broad SMARTS) is 1. The summed E-state index contributed by atoms with van der Waals surface area (Å²) in [5.41, 5.74) is 0.628. The van der Waals surface area contributed by atoms with Crippen LogP contribution in [-0.4, -0.2) is 22.3 Å². The summed E-state index contributed by atoms with van der Waals surface area (Å²) in [4.78, 5) is 22.8. The molecule has 0 aliphatic rings. The van der Waals surface area contributed by atoms with Crippen molar-refractivity contribution in [1.82, 2.24) is 10.5 Å². The standard InChI is InChI=1S/C13H12ClN3O4/c1-7-4-9(17-21-7)6-15-13(20)16-11-5-8(14)2-3-10(11)12(18)19/h2-5H,6H2,1H3,(H,18,19)(H2,15,16,20). The number of amides is 2. The minimum absolute atomic E-state index is 0.0492. The molecular formula is C13H12ClN3O4. The van der Waals surface area contributed by atoms with Crippen LogP contribution in [0.4, 0.5) is 10.5 Å². The number of hydrogen-bond donors (Lipinski definition) is 3. The second-order valence-electron chi connectivity index (χ2n) is 4.23. The second-order valence-corrected chi connectivity index (χ2v) is 4.67. The number of benzene rings is 1. The zero-order valence-corrected chi connectivity index (χ0v) is 11.8. The Balaban J connectivity index is 2.02. The number of carboxylic acids is 1. The third kappa shape index (κ3) is 3.96. The minimum atomic E-state index is -1.16. The molecule has 2 amide bonds. The maximum absolute atomic E-state index is 11.8. The van der Waals surface area contributed by atoms with Gasteiger partial charge < -0.3 is 20.3 Å². The topological polar surface area (TPSA) is 104 Å². The number of carbonyl (C=O) groups is 2. The third-order valence-corrected chi connectivity index (χ3v) is 2.80. The van der Waals surface area contributed by atoms with Crippen molar-refractivity contribution in [2.75, 3.05) is 5.32 Å². The lowest BCUT2D eigenvalue weighted by Gasteiger charge is -2.09. The van der Waals surface area contributed by atoms with Gasteiger partial charge in [-0.3, -0.25) is 0 Å². The molecule has 0 atom stereocenters. The number of rotatable bonds is 4. The molecule has 2 aromatic rings. The van der Waals surface area contributed by atoms with Crippen molar-refractivity contribution in [2.45, 2.75) is 13.5 Å². The molecule has 0 saturated heterocycles. The Hall–Kier alpha value is -2.54. The van der Waals surface area contributed by atoms with Crippen LogP contribution in [0.5, 0.6) is 0 Å². The smallest absolute Gasteiger partial charge is 0.337 e. The van der Waals surface area contributed by atoms with E-state index in [2.05, 4.69) is 15.8 Å². The Morgan fingerprint density at radius 1 is 1.38 bits per heavy atom. The molecule has 0 unspecified atom stereocenters. The number of aromatic carboxylic acids is 1. The number of nitrogens with one attached hydrogen (secondary N) is 2. The van der Waals surface area contributed by atoms with Crippen molar-refractivity contribution < 1.29 is 19.2 Å². The molecule has 1 heterocycles. The summed E-state index contributed by atoms with van der Waals surface area (Å²) < 4.78 is 4.86. The zero-order chi connectivity index (χ0) is 15.4. The van der Waals surface area contributed by atoms with E-state index in [9.17, 15) is 9.59 Å². The highest BCUT2D eigenvalue weighted by Gasteiger charge is 2.13. The van der Waals surface area contributed by atoms with Crippen LogP contribution in [0, 0.1) is 6.92 Å². The Morgan fingerprint density at radius 2 is 2.14 bits per heavy atom. The zero-order valence-electron chi connectivity index (χ0n) is 11.0. The predicted molar refractivity (Wildman–Crippen MR) is 75.5 cm³/mol. The molecule has 1 aromatic heterocycles. The third-order valence-electron chi connectivity index (χ3n) is 2.57. The van der Waals surface area contributed by atoms with Crippen molar-refractivity contribution >= 4 is 29.3 Å². The second kappa shape index (κ2) is 6.27. The van der Waals surface area contributed by atoms with Crippen LogP contribution in [0.3, 0.4) is 0 Å². The van der Waals surface area contributed by atoms with Crippen molar-refractivity contribution in [1.29, 1.82) is 0 Å². The maximum Gasteiger partial charge on any atom is 0.337 e. The van der Waals surface area contributed by atoms with E-state index in [1.54, 1.807) is 13.0 Å². The summed E-state index contributed by atoms with van der Waals surface area (Å²) in [7, 11) is 0. The van der Waals surface area contributed by atoms with E-state index in [0.717, 1.165) is 0 Å². The van der Waals surface area contributed by atoms with Gasteiger partial charge in [-0.05, 0) is 25.1 Å². The molecular weight excluding hydrogens is 298 g/mol. The van der Waals surface area contributed by atoms with Gasteiger partial charge in [-0.25, -0.2) is 9.59 Å². The number of aryl methyl sites for hydroxylation is 1. The summed E-state index contributed by atoms with van der Waals surface area (Å²) in [6, 6.07) is 5.24. The number of nitrogens with zero attached hydrogens (tertiary/aromatic N) is 1. The maximum atomic E-state index is 11.8. The lowest BCUT2D eigenvalue weighted by atomic mass is 10.2. The highest BCUT2D eigenvalue weighted by atomic mass is 35.5. The Labute approximate surface area is 124 Å². The van der Waals surface area contributed by atoms with Crippen molar-refractivity contribution in [3.8, 4) is 0 Å². The van der Waals surface area contributed by atoms with Gasteiger partial charge in [-0.1, -0.05) is 16.8 Å². The van der Waals surface area contributed by atoms with Crippen molar-refractivity contribution in [3.05, 3.63) is 46.3 Å². The molecule has 0 radical (unpaired) electrons. The highest BCUT2D eigenvalue weighted by Crippen LogP contribution is 2.21. The number of anilines is 1. The van der Waals surface area contributed by atoms with Crippen molar-refractivity contribution in [3.63, 3.8) is 0 Å². The summed E-state index contributed by atoms with van der Waals surface area (Å²) in [6.45, 7) is 1.90. The van der Waals surface area contributed by atoms with Crippen molar-refractivity contribution in [2.24, 2.45) is 0 Å². The van der Waals surface area contributed by atoms with Crippen LogP contribution >= 0.6 is 11.6 Å². The average molecular weight is 310 g/mol. The van der Waals surface area contributed by atoms with E-state index < -0.39 is 12.0 Å². The van der Waals surface area contributed by atoms with E-state index >= 15 is 0 Å². The van der Waals surface area contributed by atoms with Gasteiger partial charge in [0.2, 0.25) is 0 Å². The molecule has 0 saturated carbocycles. The van der Waals surface area contributed by atoms with Gasteiger partial charge in [0.1, 0.15) is 11.5 Å². The van der Waals surface area contributed by atoms with Gasteiger partial charge in [0.25, 0.3) is 0 Å². The van der Waals surface area contributed by atoms with Gasteiger partial charge in [0.05, 0.1) is 17.8 Å². The number of carbonyl (C=O) groups excluding carboxylic acids is 1. The summed E-state index contributed by atoms with van der Waals surface area (Å²) in [6.07, 6.45) is 0. The fraction of sp³-hybridized carbons (Fsp3) is 0.154. The van der Waals surface area contributed by atoms with Crippen LogP contribution in [0.15, 0.2) is 28.8 Å². The van der Waals surface area contributed by atoms with Gasteiger partial charge >= 0.3 is 12.0 Å². The fourth-order valence-corrected chi connectivity index (χ4v) is 1.82. The number of halogens is 1. The molecule has 0 aliphatic heterocycles. The normalized spacial score (nSPS) is 10.2. The number of hydrogen-bond acceptors (Lipinski definition) is 4.